The zero-order valence-corrected chi connectivity index (χ0v) is 15.7. The van der Waals surface area contributed by atoms with Gasteiger partial charge in [0.1, 0.15) is 0 Å². The van der Waals surface area contributed by atoms with Crippen molar-refractivity contribution in [2.24, 2.45) is 0 Å². The van der Waals surface area contributed by atoms with Crippen molar-refractivity contribution in [3.8, 4) is 0 Å². The summed E-state index contributed by atoms with van der Waals surface area (Å²) in [6.07, 6.45) is 1.97. The van der Waals surface area contributed by atoms with Gasteiger partial charge in [0.15, 0.2) is 0 Å². The number of piperazine rings is 1. The maximum absolute atomic E-state index is 6.18. The lowest BCUT2D eigenvalue weighted by Gasteiger charge is -2.34. The van der Waals surface area contributed by atoms with Gasteiger partial charge in [0.25, 0.3) is 0 Å². The number of nitrogens with one attached hydrogen (secondary N) is 1. The fourth-order valence-electron chi connectivity index (χ4n) is 2.28. The van der Waals surface area contributed by atoms with E-state index in [9.17, 15) is 0 Å². The molecule has 0 aliphatic carbocycles. The number of hydrogen-bond acceptors (Lipinski definition) is 3. The van der Waals surface area contributed by atoms with Gasteiger partial charge in [-0.3, -0.25) is 4.90 Å². The molecule has 7 heteroatoms. The molecule has 0 radical (unpaired) electrons. The highest BCUT2D eigenvalue weighted by Crippen LogP contribution is 2.35. The van der Waals surface area contributed by atoms with Gasteiger partial charge >= 0.3 is 0 Å². The minimum Gasteiger partial charge on any atom is -0.398 e. The zero-order chi connectivity index (χ0) is 13.1. The van der Waals surface area contributed by atoms with Crippen LogP contribution in [0.2, 0.25) is 0 Å². The lowest BCUT2D eigenvalue weighted by atomic mass is 10.0. The Labute approximate surface area is 149 Å². The van der Waals surface area contributed by atoms with Crippen LogP contribution in [0.4, 0.5) is 5.69 Å². The first-order valence-electron chi connectivity index (χ1n) is 5.95. The minimum atomic E-state index is 0. The second-order valence-electron chi connectivity index (χ2n) is 4.36. The minimum absolute atomic E-state index is 0. The molecule has 3 nitrogen and oxygen atoms in total. The third-order valence-corrected chi connectivity index (χ3v) is 4.33. The highest BCUT2D eigenvalue weighted by atomic mass is 79.9. The predicted octanol–water partition coefficient (Wildman–Crippen LogP) is 3.77. The number of nitrogen functional groups attached to an aromatic ring is 1. The Morgan fingerprint density at radius 3 is 2.40 bits per heavy atom. The fourth-order valence-corrected chi connectivity index (χ4v) is 3.54. The summed E-state index contributed by atoms with van der Waals surface area (Å²) < 4.78 is 1.95. The Morgan fingerprint density at radius 2 is 1.85 bits per heavy atom. The number of hydrogen-bond donors (Lipinski definition) is 2. The van der Waals surface area contributed by atoms with Crippen LogP contribution in [-0.2, 0) is 0 Å². The molecule has 3 N–H and O–H groups in total. The smallest absolute Gasteiger partial charge is 0.0551 e. The summed E-state index contributed by atoms with van der Waals surface area (Å²) in [4.78, 5) is 2.40. The number of halogens is 4. The Morgan fingerprint density at radius 1 is 1.25 bits per heavy atom. The predicted molar refractivity (Wildman–Crippen MR) is 98.1 cm³/mol. The fraction of sp³-hybridized carbons (Fsp3) is 0.385. The normalized spacial score (nSPS) is 16.7. The van der Waals surface area contributed by atoms with Crippen molar-refractivity contribution in [1.29, 1.82) is 0 Å². The second kappa shape index (κ2) is 9.28. The molecule has 2 rings (SSSR count). The number of rotatable bonds is 3. The Bertz CT molecular complexity index is 451. The van der Waals surface area contributed by atoms with Crippen LogP contribution in [0.25, 0.3) is 0 Å². The second-order valence-corrected chi connectivity index (χ2v) is 6.13. The molecule has 1 fully saturated rings. The summed E-state index contributed by atoms with van der Waals surface area (Å²) in [7, 11) is 0. The lowest BCUT2D eigenvalue weighted by molar-refractivity contribution is 0.204. The van der Waals surface area contributed by atoms with E-state index in [1.807, 2.05) is 12.1 Å². The molecule has 1 aromatic rings. The summed E-state index contributed by atoms with van der Waals surface area (Å²) in [5.74, 6) is 0. The van der Waals surface area contributed by atoms with E-state index < -0.39 is 0 Å². The molecular weight excluding hydrogens is 429 g/mol. The van der Waals surface area contributed by atoms with Gasteiger partial charge in [-0.25, -0.2) is 0 Å². The van der Waals surface area contributed by atoms with Crippen molar-refractivity contribution in [2.45, 2.75) is 6.04 Å². The van der Waals surface area contributed by atoms with Gasteiger partial charge in [0.05, 0.1) is 11.7 Å². The van der Waals surface area contributed by atoms with E-state index in [1.165, 1.54) is 0 Å². The molecular formula is C13H19Br2Cl2N3. The molecule has 0 saturated carbocycles. The van der Waals surface area contributed by atoms with Crippen LogP contribution in [0.3, 0.4) is 0 Å². The zero-order valence-electron chi connectivity index (χ0n) is 10.9. The number of benzene rings is 1. The van der Waals surface area contributed by atoms with Gasteiger partial charge in [-0.1, -0.05) is 22.0 Å². The van der Waals surface area contributed by atoms with E-state index >= 15 is 0 Å². The standard InChI is InChI=1S/C13H17Br2N3.2ClH/c1-2-12(18-5-3-17-4-6-18)10-7-9(14)8-11(15)13(10)16;;/h2,7-8,12,17H,1,3-6,16H2;2*1H/t12-;;/m0../s1. The van der Waals surface area contributed by atoms with Crippen LogP contribution >= 0.6 is 56.7 Å². The van der Waals surface area contributed by atoms with Gasteiger partial charge in [0, 0.05) is 35.1 Å². The summed E-state index contributed by atoms with van der Waals surface area (Å²) in [6.45, 7) is 8.02. The van der Waals surface area contributed by atoms with Gasteiger partial charge in [-0.15, -0.1) is 31.4 Å². The molecule has 114 valence electrons. The molecule has 1 atom stereocenters. The molecule has 1 saturated heterocycles. The number of nitrogens with two attached hydrogens (primary N) is 1. The largest absolute Gasteiger partial charge is 0.398 e. The molecule has 1 heterocycles. The average Bonchev–Trinajstić information content (AvgIpc) is 2.37. The molecule has 0 spiro atoms. The van der Waals surface area contributed by atoms with Crippen molar-refractivity contribution in [3.05, 3.63) is 39.3 Å². The molecule has 0 aromatic heterocycles. The molecule has 20 heavy (non-hydrogen) atoms. The number of anilines is 1. The molecule has 0 unspecified atom stereocenters. The highest BCUT2D eigenvalue weighted by molar-refractivity contribution is 9.11. The van der Waals surface area contributed by atoms with Gasteiger partial charge < -0.3 is 11.1 Å². The van der Waals surface area contributed by atoms with Crippen LogP contribution in [0.1, 0.15) is 11.6 Å². The van der Waals surface area contributed by atoms with E-state index in [4.69, 9.17) is 5.73 Å². The lowest BCUT2D eigenvalue weighted by Crippen LogP contribution is -2.44. The first-order valence-corrected chi connectivity index (χ1v) is 7.54. The Balaban J connectivity index is 0.00000180. The van der Waals surface area contributed by atoms with Crippen LogP contribution in [-0.4, -0.2) is 31.1 Å². The summed E-state index contributed by atoms with van der Waals surface area (Å²) in [6, 6.07) is 4.21. The highest BCUT2D eigenvalue weighted by Gasteiger charge is 2.22. The van der Waals surface area contributed by atoms with Crippen LogP contribution in [0.15, 0.2) is 33.7 Å². The summed E-state index contributed by atoms with van der Waals surface area (Å²) in [5.41, 5.74) is 8.07. The topological polar surface area (TPSA) is 41.3 Å². The summed E-state index contributed by atoms with van der Waals surface area (Å²) in [5, 5.41) is 3.36. The van der Waals surface area contributed by atoms with E-state index in [0.717, 1.165) is 46.4 Å². The Kier molecular flexibility index (Phi) is 9.38. The van der Waals surface area contributed by atoms with Gasteiger partial charge in [-0.05, 0) is 33.6 Å². The third-order valence-electron chi connectivity index (χ3n) is 3.21. The first kappa shape index (κ1) is 20.2. The van der Waals surface area contributed by atoms with Gasteiger partial charge in [-0.2, -0.15) is 0 Å². The molecule has 0 amide bonds. The first-order chi connectivity index (χ1) is 8.63. The van der Waals surface area contributed by atoms with Gasteiger partial charge in [0.2, 0.25) is 0 Å². The van der Waals surface area contributed by atoms with Crippen molar-refractivity contribution in [3.63, 3.8) is 0 Å². The molecule has 1 aliphatic rings. The van der Waals surface area contributed by atoms with Crippen molar-refractivity contribution >= 4 is 62.4 Å². The van der Waals surface area contributed by atoms with E-state index in [-0.39, 0.29) is 30.9 Å². The van der Waals surface area contributed by atoms with Crippen molar-refractivity contribution in [2.75, 3.05) is 31.9 Å². The monoisotopic (exact) mass is 445 g/mol. The molecule has 0 bridgehead atoms. The molecule has 1 aromatic carbocycles. The third kappa shape index (κ3) is 4.61. The van der Waals surface area contributed by atoms with Crippen LogP contribution in [0.5, 0.6) is 0 Å². The SMILES string of the molecule is C=C[C@@H](c1cc(Br)cc(Br)c1N)N1CCNCC1.Cl.Cl. The average molecular weight is 448 g/mol. The maximum Gasteiger partial charge on any atom is 0.0551 e. The van der Waals surface area contributed by atoms with E-state index in [0.29, 0.717) is 0 Å². The summed E-state index contributed by atoms with van der Waals surface area (Å²) >= 11 is 7.02. The van der Waals surface area contributed by atoms with Crippen molar-refractivity contribution < 1.29 is 0 Å². The van der Waals surface area contributed by atoms with Crippen molar-refractivity contribution in [1.82, 2.24) is 10.2 Å². The Hall–Kier alpha value is 0.220. The number of nitrogens with zero attached hydrogens (tertiary/aromatic N) is 1. The van der Waals surface area contributed by atoms with Crippen LogP contribution < -0.4 is 11.1 Å². The van der Waals surface area contributed by atoms with E-state index in [2.05, 4.69) is 54.7 Å². The van der Waals surface area contributed by atoms with E-state index in [1.54, 1.807) is 0 Å². The van der Waals surface area contributed by atoms with Crippen LogP contribution in [0, 0.1) is 0 Å². The quantitative estimate of drug-likeness (QED) is 0.547. The maximum atomic E-state index is 6.18. The molecule has 1 aliphatic heterocycles.